The summed E-state index contributed by atoms with van der Waals surface area (Å²) in [5.74, 6) is 0.883. The molecule has 5 heteroatoms. The van der Waals surface area contributed by atoms with Crippen molar-refractivity contribution < 1.29 is 9.47 Å². The van der Waals surface area contributed by atoms with Crippen LogP contribution in [0.15, 0.2) is 40.9 Å². The average molecular weight is 380 g/mol. The SMILES string of the molecule is COC(=S)Nc1cc(Br)ccc1COc1ccc(C)cc1C. The van der Waals surface area contributed by atoms with Crippen LogP contribution < -0.4 is 10.1 Å². The second-order valence-electron chi connectivity index (χ2n) is 4.98. The fourth-order valence-corrected chi connectivity index (χ4v) is 2.54. The fourth-order valence-electron chi connectivity index (χ4n) is 2.07. The Morgan fingerprint density at radius 2 is 1.95 bits per heavy atom. The molecular formula is C17H18BrNO2S. The monoisotopic (exact) mass is 379 g/mol. The van der Waals surface area contributed by atoms with Crippen LogP contribution in [0, 0.1) is 13.8 Å². The molecular weight excluding hydrogens is 362 g/mol. The minimum Gasteiger partial charge on any atom is -0.489 e. The van der Waals surface area contributed by atoms with Crippen LogP contribution in [0.5, 0.6) is 5.75 Å². The van der Waals surface area contributed by atoms with E-state index < -0.39 is 0 Å². The number of halogens is 1. The number of nitrogens with one attached hydrogen (secondary N) is 1. The Hall–Kier alpha value is -1.59. The maximum atomic E-state index is 5.93. The lowest BCUT2D eigenvalue weighted by Crippen LogP contribution is -2.13. The van der Waals surface area contributed by atoms with Gasteiger partial charge in [0.1, 0.15) is 12.4 Å². The van der Waals surface area contributed by atoms with Gasteiger partial charge < -0.3 is 14.8 Å². The summed E-state index contributed by atoms with van der Waals surface area (Å²) in [4.78, 5) is 0. The first-order valence-corrected chi connectivity index (χ1v) is 8.03. The summed E-state index contributed by atoms with van der Waals surface area (Å²) in [6.07, 6.45) is 0. The van der Waals surface area contributed by atoms with Crippen molar-refractivity contribution in [2.45, 2.75) is 20.5 Å². The van der Waals surface area contributed by atoms with E-state index in [1.54, 1.807) is 7.11 Å². The van der Waals surface area contributed by atoms with Gasteiger partial charge in [-0.1, -0.05) is 39.7 Å². The molecule has 0 spiro atoms. The van der Waals surface area contributed by atoms with Crippen LogP contribution in [0.3, 0.4) is 0 Å². The lowest BCUT2D eigenvalue weighted by atomic mass is 10.1. The van der Waals surface area contributed by atoms with Crippen LogP contribution >= 0.6 is 28.1 Å². The van der Waals surface area contributed by atoms with Crippen molar-refractivity contribution >= 4 is 39.0 Å². The van der Waals surface area contributed by atoms with Gasteiger partial charge in [-0.25, -0.2) is 0 Å². The molecule has 0 saturated carbocycles. The van der Waals surface area contributed by atoms with E-state index in [0.717, 1.165) is 27.0 Å². The summed E-state index contributed by atoms with van der Waals surface area (Å²) in [5.41, 5.74) is 4.22. The smallest absolute Gasteiger partial charge is 0.260 e. The highest BCUT2D eigenvalue weighted by molar-refractivity contribution is 9.10. The van der Waals surface area contributed by atoms with Crippen LogP contribution in [-0.4, -0.2) is 12.3 Å². The first kappa shape index (κ1) is 16.8. The molecule has 0 aliphatic heterocycles. The summed E-state index contributed by atoms with van der Waals surface area (Å²) < 4.78 is 11.9. The number of aryl methyl sites for hydroxylation is 2. The van der Waals surface area contributed by atoms with Crippen molar-refractivity contribution in [2.75, 3.05) is 12.4 Å². The molecule has 1 N–H and O–H groups in total. The molecule has 3 nitrogen and oxygen atoms in total. The van der Waals surface area contributed by atoms with Crippen molar-refractivity contribution in [1.82, 2.24) is 0 Å². The summed E-state index contributed by atoms with van der Waals surface area (Å²) in [5, 5.41) is 3.39. The third-order valence-corrected chi connectivity index (χ3v) is 3.97. The first-order valence-electron chi connectivity index (χ1n) is 6.83. The zero-order valence-electron chi connectivity index (χ0n) is 12.8. The van der Waals surface area contributed by atoms with E-state index in [2.05, 4.69) is 34.2 Å². The Morgan fingerprint density at radius 1 is 1.18 bits per heavy atom. The van der Waals surface area contributed by atoms with E-state index in [0.29, 0.717) is 11.8 Å². The molecule has 2 aromatic carbocycles. The molecule has 2 aromatic rings. The third kappa shape index (κ3) is 4.45. The Balaban J connectivity index is 2.16. The summed E-state index contributed by atoms with van der Waals surface area (Å²) >= 11 is 8.52. The number of hydrogen-bond donors (Lipinski definition) is 1. The van der Waals surface area contributed by atoms with Gasteiger partial charge in [0, 0.05) is 15.7 Å². The largest absolute Gasteiger partial charge is 0.489 e. The third-order valence-electron chi connectivity index (χ3n) is 3.21. The summed E-state index contributed by atoms with van der Waals surface area (Å²) in [6, 6.07) is 12.1. The van der Waals surface area contributed by atoms with Gasteiger partial charge in [-0.05, 0) is 49.8 Å². The number of thiocarbonyl (C=S) groups is 1. The molecule has 0 bridgehead atoms. The summed E-state index contributed by atoms with van der Waals surface area (Å²) in [7, 11) is 1.54. The van der Waals surface area contributed by atoms with Crippen molar-refractivity contribution in [1.29, 1.82) is 0 Å². The predicted octanol–water partition coefficient (Wildman–Crippen LogP) is 4.99. The van der Waals surface area contributed by atoms with Crippen LogP contribution in [0.4, 0.5) is 5.69 Å². The Kier molecular flexibility index (Phi) is 5.80. The minimum atomic E-state index is 0.325. The highest BCUT2D eigenvalue weighted by atomic mass is 79.9. The van der Waals surface area contributed by atoms with Crippen LogP contribution in [0.2, 0.25) is 0 Å². The van der Waals surface area contributed by atoms with Crippen molar-refractivity contribution in [3.8, 4) is 5.75 Å². The highest BCUT2D eigenvalue weighted by Gasteiger charge is 2.08. The molecule has 2 rings (SSSR count). The fraction of sp³-hybridized carbons (Fsp3) is 0.235. The lowest BCUT2D eigenvalue weighted by Gasteiger charge is -2.14. The van der Waals surface area contributed by atoms with E-state index >= 15 is 0 Å². The van der Waals surface area contributed by atoms with Gasteiger partial charge >= 0.3 is 0 Å². The van der Waals surface area contributed by atoms with E-state index in [-0.39, 0.29) is 0 Å². The van der Waals surface area contributed by atoms with Gasteiger partial charge in [-0.3, -0.25) is 0 Å². The lowest BCUT2D eigenvalue weighted by molar-refractivity contribution is 0.304. The minimum absolute atomic E-state index is 0.325. The van der Waals surface area contributed by atoms with Gasteiger partial charge in [0.15, 0.2) is 0 Å². The van der Waals surface area contributed by atoms with Gasteiger partial charge in [-0.15, -0.1) is 0 Å². The molecule has 22 heavy (non-hydrogen) atoms. The molecule has 0 aromatic heterocycles. The zero-order valence-corrected chi connectivity index (χ0v) is 15.2. The number of ether oxygens (including phenoxy) is 2. The molecule has 116 valence electrons. The molecule has 0 saturated heterocycles. The second-order valence-corrected chi connectivity index (χ2v) is 6.26. The molecule has 0 fully saturated rings. The van der Waals surface area contributed by atoms with E-state index in [9.17, 15) is 0 Å². The topological polar surface area (TPSA) is 30.5 Å². The molecule has 0 heterocycles. The van der Waals surface area contributed by atoms with Crippen LogP contribution in [-0.2, 0) is 11.3 Å². The van der Waals surface area contributed by atoms with Gasteiger partial charge in [0.2, 0.25) is 0 Å². The predicted molar refractivity (Wildman–Crippen MR) is 97.6 cm³/mol. The van der Waals surface area contributed by atoms with E-state index in [1.165, 1.54) is 5.56 Å². The normalized spacial score (nSPS) is 10.2. The number of benzene rings is 2. The molecule has 0 unspecified atom stereocenters. The van der Waals surface area contributed by atoms with Crippen molar-refractivity contribution in [3.63, 3.8) is 0 Å². The highest BCUT2D eigenvalue weighted by Crippen LogP contribution is 2.25. The molecule has 0 aliphatic rings. The van der Waals surface area contributed by atoms with Crippen molar-refractivity contribution in [3.05, 3.63) is 57.6 Å². The number of rotatable bonds is 4. The number of methoxy groups -OCH3 is 1. The van der Waals surface area contributed by atoms with Gasteiger partial charge in [0.05, 0.1) is 7.11 Å². The van der Waals surface area contributed by atoms with E-state index in [4.69, 9.17) is 21.7 Å². The van der Waals surface area contributed by atoms with Gasteiger partial charge in [0.25, 0.3) is 5.17 Å². The second kappa shape index (κ2) is 7.61. The zero-order chi connectivity index (χ0) is 16.1. The Labute approximate surface area is 144 Å². The first-order chi connectivity index (χ1) is 10.5. The molecule has 0 atom stereocenters. The van der Waals surface area contributed by atoms with Crippen molar-refractivity contribution in [2.24, 2.45) is 0 Å². The number of hydrogen-bond acceptors (Lipinski definition) is 3. The Bertz CT molecular complexity index is 688. The maximum absolute atomic E-state index is 5.93. The summed E-state index contributed by atoms with van der Waals surface area (Å²) in [6.45, 7) is 4.56. The van der Waals surface area contributed by atoms with Gasteiger partial charge in [-0.2, -0.15) is 0 Å². The molecule has 0 radical (unpaired) electrons. The van der Waals surface area contributed by atoms with Crippen LogP contribution in [0.1, 0.15) is 16.7 Å². The standard InChI is InChI=1S/C17H18BrNO2S/c1-11-4-7-16(12(2)8-11)21-10-13-5-6-14(18)9-15(13)19-17(22)20-3/h4-9H,10H2,1-3H3,(H,19,22). The molecule has 0 amide bonds. The molecule has 0 aliphatic carbocycles. The number of anilines is 1. The Morgan fingerprint density at radius 3 is 2.64 bits per heavy atom. The quantitative estimate of drug-likeness (QED) is 0.758. The maximum Gasteiger partial charge on any atom is 0.260 e. The van der Waals surface area contributed by atoms with E-state index in [1.807, 2.05) is 37.3 Å². The van der Waals surface area contributed by atoms with Crippen LogP contribution in [0.25, 0.3) is 0 Å². The average Bonchev–Trinajstić information content (AvgIpc) is 2.48.